The van der Waals surface area contributed by atoms with Crippen LogP contribution in [0.15, 0.2) is 36.5 Å². The molecular weight excluding hydrogens is 250 g/mol. The number of nitrogens with two attached hydrogens (primary N) is 1. The second-order valence-electron chi connectivity index (χ2n) is 5.49. The van der Waals surface area contributed by atoms with Crippen molar-refractivity contribution in [3.63, 3.8) is 0 Å². The molecule has 0 radical (unpaired) electrons. The molecule has 2 aromatic rings. The third-order valence-electron chi connectivity index (χ3n) is 4.30. The summed E-state index contributed by atoms with van der Waals surface area (Å²) in [5.74, 6) is 0. The van der Waals surface area contributed by atoms with Gasteiger partial charge in [0.15, 0.2) is 0 Å². The number of rotatable bonds is 5. The molecule has 1 aromatic carbocycles. The van der Waals surface area contributed by atoms with Gasteiger partial charge in [-0.1, -0.05) is 30.3 Å². The average Bonchev–Trinajstić information content (AvgIpc) is 2.95. The van der Waals surface area contributed by atoms with Crippen LogP contribution in [0.2, 0.25) is 0 Å². The molecule has 0 aliphatic rings. The maximum atomic E-state index is 6.53. The Balaban J connectivity index is 2.42. The zero-order valence-corrected chi connectivity index (χ0v) is 12.6. The van der Waals surface area contributed by atoms with E-state index < -0.39 is 0 Å². The van der Waals surface area contributed by atoms with Gasteiger partial charge in [0.2, 0.25) is 0 Å². The van der Waals surface area contributed by atoms with E-state index in [0.29, 0.717) is 0 Å². The molecule has 1 heterocycles. The Labute approximate surface area is 120 Å². The Hall–Kier alpha value is -1.72. The zero-order chi connectivity index (χ0) is 14.8. The number of hydrogen-bond acceptors (Lipinski definition) is 4. The molecule has 0 aliphatic heterocycles. The fraction of sp³-hybridized carbons (Fsp3) is 0.467. The first-order chi connectivity index (χ1) is 9.50. The van der Waals surface area contributed by atoms with Crippen LogP contribution in [0.25, 0.3) is 5.69 Å². The van der Waals surface area contributed by atoms with Crippen molar-refractivity contribution >= 4 is 0 Å². The van der Waals surface area contributed by atoms with Crippen molar-refractivity contribution in [3.8, 4) is 5.69 Å². The second-order valence-corrected chi connectivity index (χ2v) is 5.49. The van der Waals surface area contributed by atoms with Gasteiger partial charge in [0, 0.05) is 5.54 Å². The highest BCUT2D eigenvalue weighted by Gasteiger charge is 2.35. The zero-order valence-electron chi connectivity index (χ0n) is 12.6. The molecule has 5 nitrogen and oxygen atoms in total. The van der Waals surface area contributed by atoms with E-state index in [1.807, 2.05) is 35.0 Å². The van der Waals surface area contributed by atoms with Crippen LogP contribution in [0.5, 0.6) is 0 Å². The van der Waals surface area contributed by atoms with Crippen molar-refractivity contribution in [2.45, 2.75) is 31.8 Å². The second kappa shape index (κ2) is 5.73. The molecule has 0 amide bonds. The van der Waals surface area contributed by atoms with Crippen LogP contribution < -0.4 is 5.73 Å². The highest BCUT2D eigenvalue weighted by molar-refractivity contribution is 5.32. The van der Waals surface area contributed by atoms with Crippen LogP contribution >= 0.6 is 0 Å². The molecule has 2 atom stereocenters. The van der Waals surface area contributed by atoms with Gasteiger partial charge in [-0.25, -0.2) is 4.68 Å². The summed E-state index contributed by atoms with van der Waals surface area (Å²) in [5, 5.41) is 8.22. The molecular formula is C15H23N5. The van der Waals surface area contributed by atoms with Gasteiger partial charge in [-0.3, -0.25) is 0 Å². The maximum absolute atomic E-state index is 6.53. The summed E-state index contributed by atoms with van der Waals surface area (Å²) in [6.45, 7) is 4.32. The molecule has 108 valence electrons. The first kappa shape index (κ1) is 14.7. The number of likely N-dealkylation sites (N-methyl/N-ethyl adjacent to an activating group) is 1. The molecule has 0 fully saturated rings. The number of nitrogens with zero attached hydrogens (tertiary/aromatic N) is 4. The van der Waals surface area contributed by atoms with Crippen LogP contribution in [-0.4, -0.2) is 39.5 Å². The Kier molecular flexibility index (Phi) is 4.20. The molecule has 1 aromatic heterocycles. The fourth-order valence-corrected chi connectivity index (χ4v) is 2.36. The SMILES string of the molecule is CCC(C)(C(N)c1cnnn1-c1ccccc1)N(C)C. The van der Waals surface area contributed by atoms with E-state index in [4.69, 9.17) is 5.73 Å². The lowest BCUT2D eigenvalue weighted by Crippen LogP contribution is -2.50. The van der Waals surface area contributed by atoms with Crippen LogP contribution in [0.3, 0.4) is 0 Å². The minimum absolute atomic E-state index is 0.145. The minimum Gasteiger partial charge on any atom is -0.321 e. The third-order valence-corrected chi connectivity index (χ3v) is 4.30. The Morgan fingerprint density at radius 1 is 1.30 bits per heavy atom. The van der Waals surface area contributed by atoms with Gasteiger partial charge in [-0.05, 0) is 39.6 Å². The predicted molar refractivity (Wildman–Crippen MR) is 80.7 cm³/mol. The summed E-state index contributed by atoms with van der Waals surface area (Å²) in [6.07, 6.45) is 2.70. The van der Waals surface area contributed by atoms with Crippen LogP contribution in [0, 0.1) is 0 Å². The quantitative estimate of drug-likeness (QED) is 0.905. The smallest absolute Gasteiger partial charge is 0.0831 e. The van der Waals surface area contributed by atoms with Crippen molar-refractivity contribution in [2.75, 3.05) is 14.1 Å². The normalized spacial score (nSPS) is 16.1. The summed E-state index contributed by atoms with van der Waals surface area (Å²) in [7, 11) is 4.11. The number of hydrogen-bond donors (Lipinski definition) is 1. The van der Waals surface area contributed by atoms with E-state index in [9.17, 15) is 0 Å². The van der Waals surface area contributed by atoms with Crippen molar-refractivity contribution in [1.82, 2.24) is 19.9 Å². The van der Waals surface area contributed by atoms with Crippen molar-refractivity contribution in [3.05, 3.63) is 42.2 Å². The standard InChI is InChI=1S/C15H23N5/c1-5-15(2,19(3)4)14(16)13-11-17-18-20(13)12-9-7-6-8-10-12/h6-11,14H,5,16H2,1-4H3. The number of aromatic nitrogens is 3. The molecule has 0 bridgehead atoms. The topological polar surface area (TPSA) is 60.0 Å². The van der Waals surface area contributed by atoms with Crippen molar-refractivity contribution in [2.24, 2.45) is 5.73 Å². The molecule has 5 heteroatoms. The highest BCUT2D eigenvalue weighted by atomic mass is 15.4. The summed E-state index contributed by atoms with van der Waals surface area (Å²) in [5.41, 5.74) is 8.29. The summed E-state index contributed by atoms with van der Waals surface area (Å²) >= 11 is 0. The van der Waals surface area contributed by atoms with E-state index in [1.165, 1.54) is 0 Å². The molecule has 0 spiro atoms. The molecule has 0 saturated heterocycles. The van der Waals surface area contributed by atoms with E-state index in [0.717, 1.165) is 17.8 Å². The van der Waals surface area contributed by atoms with Crippen molar-refractivity contribution < 1.29 is 0 Å². The first-order valence-corrected chi connectivity index (χ1v) is 6.89. The van der Waals surface area contributed by atoms with Gasteiger partial charge in [0.25, 0.3) is 0 Å². The number of para-hydroxylation sites is 1. The monoisotopic (exact) mass is 273 g/mol. The van der Waals surface area contributed by atoms with Gasteiger partial charge < -0.3 is 10.6 Å². The van der Waals surface area contributed by atoms with Gasteiger partial charge in [-0.2, -0.15) is 0 Å². The minimum atomic E-state index is -0.169. The Bertz CT molecular complexity index is 548. The van der Waals surface area contributed by atoms with Gasteiger partial charge in [-0.15, -0.1) is 5.10 Å². The highest BCUT2D eigenvalue weighted by Crippen LogP contribution is 2.31. The van der Waals surface area contributed by atoms with Crippen molar-refractivity contribution in [1.29, 1.82) is 0 Å². The lowest BCUT2D eigenvalue weighted by molar-refractivity contribution is 0.129. The van der Waals surface area contributed by atoms with E-state index >= 15 is 0 Å². The van der Waals surface area contributed by atoms with Gasteiger partial charge >= 0.3 is 0 Å². The Morgan fingerprint density at radius 3 is 2.50 bits per heavy atom. The first-order valence-electron chi connectivity index (χ1n) is 6.89. The van der Waals surface area contributed by atoms with E-state index in [-0.39, 0.29) is 11.6 Å². The molecule has 2 unspecified atom stereocenters. The molecule has 2 N–H and O–H groups in total. The van der Waals surface area contributed by atoms with Crippen LogP contribution in [0.4, 0.5) is 0 Å². The molecule has 2 rings (SSSR count). The van der Waals surface area contributed by atoms with Gasteiger partial charge in [0.1, 0.15) is 0 Å². The fourth-order valence-electron chi connectivity index (χ4n) is 2.36. The summed E-state index contributed by atoms with van der Waals surface area (Å²) in [6, 6.07) is 9.79. The average molecular weight is 273 g/mol. The predicted octanol–water partition coefficient (Wildman–Crippen LogP) is 2.00. The van der Waals surface area contributed by atoms with E-state index in [1.54, 1.807) is 6.20 Å². The Morgan fingerprint density at radius 2 is 1.95 bits per heavy atom. The number of benzene rings is 1. The molecule has 20 heavy (non-hydrogen) atoms. The van der Waals surface area contributed by atoms with Gasteiger partial charge in [0.05, 0.1) is 23.6 Å². The summed E-state index contributed by atoms with van der Waals surface area (Å²) < 4.78 is 1.82. The molecule has 0 saturated carbocycles. The summed E-state index contributed by atoms with van der Waals surface area (Å²) in [4.78, 5) is 2.17. The third kappa shape index (κ3) is 2.46. The lowest BCUT2D eigenvalue weighted by Gasteiger charge is -2.40. The van der Waals surface area contributed by atoms with Crippen LogP contribution in [0.1, 0.15) is 32.0 Å². The lowest BCUT2D eigenvalue weighted by atomic mass is 9.86. The molecule has 0 aliphatic carbocycles. The largest absolute Gasteiger partial charge is 0.321 e. The van der Waals surface area contributed by atoms with E-state index in [2.05, 4.69) is 43.2 Å². The maximum Gasteiger partial charge on any atom is 0.0831 e. The van der Waals surface area contributed by atoms with Crippen LogP contribution in [-0.2, 0) is 0 Å².